The molecule has 10 nitrogen and oxygen atoms in total. The predicted octanol–water partition coefficient (Wildman–Crippen LogP) is 2.10. The molecule has 0 rings (SSSR count). The Morgan fingerprint density at radius 1 is 0.667 bits per heavy atom. The van der Waals surface area contributed by atoms with Crippen molar-refractivity contribution in [3.05, 3.63) is 0 Å². The third-order valence-electron chi connectivity index (χ3n) is 5.08. The fourth-order valence-corrected chi connectivity index (χ4v) is 3.12. The van der Waals surface area contributed by atoms with Crippen molar-refractivity contribution >= 4 is 23.9 Å². The van der Waals surface area contributed by atoms with Crippen LogP contribution in [-0.2, 0) is 38.1 Å². The Morgan fingerprint density at radius 2 is 1.03 bits per heavy atom. The first kappa shape index (κ1) is 32.9. The first-order valence-electron chi connectivity index (χ1n) is 12.3. The molecule has 0 amide bonds. The summed E-state index contributed by atoms with van der Waals surface area (Å²) in [5.74, 6) is 1.71. The Kier molecular flexibility index (Phi) is 18.4. The van der Waals surface area contributed by atoms with Crippen LogP contribution in [0.4, 0.5) is 0 Å². The molecule has 202 valence electrons. The van der Waals surface area contributed by atoms with Gasteiger partial charge in [0, 0.05) is 25.9 Å². The van der Waals surface area contributed by atoms with Crippen LogP contribution in [0.2, 0.25) is 0 Å². The highest BCUT2D eigenvalue weighted by atomic mass is 16.6. The lowest BCUT2D eigenvalue weighted by Gasteiger charge is -2.25. The molecule has 0 saturated carbocycles. The fraction of sp³-hybridized carbons (Fsp3) is 0.692. The van der Waals surface area contributed by atoms with E-state index in [2.05, 4.69) is 11.8 Å². The van der Waals surface area contributed by atoms with E-state index in [1.807, 2.05) is 0 Å². The molecule has 36 heavy (non-hydrogen) atoms. The zero-order valence-electron chi connectivity index (χ0n) is 22.0. The van der Waals surface area contributed by atoms with Gasteiger partial charge in [-0.05, 0) is 65.5 Å². The molecular formula is C26H40N2O8. The molecule has 2 unspecified atom stereocenters. The summed E-state index contributed by atoms with van der Waals surface area (Å²) in [4.78, 5) is 50.4. The highest BCUT2D eigenvalue weighted by Crippen LogP contribution is 2.08. The van der Waals surface area contributed by atoms with Crippen molar-refractivity contribution < 1.29 is 38.1 Å². The van der Waals surface area contributed by atoms with Crippen LogP contribution >= 0.6 is 0 Å². The van der Waals surface area contributed by atoms with Crippen LogP contribution in [0.5, 0.6) is 0 Å². The molecule has 0 saturated heterocycles. The number of ether oxygens (including phenoxy) is 4. The maximum Gasteiger partial charge on any atom is 0.419 e. The van der Waals surface area contributed by atoms with Gasteiger partial charge >= 0.3 is 23.9 Å². The van der Waals surface area contributed by atoms with Gasteiger partial charge in [-0.15, -0.1) is 12.8 Å². The Balaban J connectivity index is 4.41. The van der Waals surface area contributed by atoms with E-state index in [-0.39, 0.29) is 11.9 Å². The predicted molar refractivity (Wildman–Crippen MR) is 133 cm³/mol. The van der Waals surface area contributed by atoms with Gasteiger partial charge < -0.3 is 18.9 Å². The minimum Gasteiger partial charge on any atom is -0.466 e. The first-order valence-corrected chi connectivity index (χ1v) is 12.3. The second-order valence-electron chi connectivity index (χ2n) is 8.04. The van der Waals surface area contributed by atoms with E-state index in [1.54, 1.807) is 37.7 Å². The average Bonchev–Trinajstić information content (AvgIpc) is 2.84. The number of hydrogen-bond acceptors (Lipinski definition) is 10. The molecule has 0 N–H and O–H groups in total. The van der Waals surface area contributed by atoms with E-state index in [0.29, 0.717) is 64.8 Å². The highest BCUT2D eigenvalue weighted by Gasteiger charge is 2.27. The van der Waals surface area contributed by atoms with Crippen molar-refractivity contribution in [2.24, 2.45) is 0 Å². The summed E-state index contributed by atoms with van der Waals surface area (Å²) >= 11 is 0. The lowest BCUT2D eigenvalue weighted by molar-refractivity contribution is -0.178. The summed E-state index contributed by atoms with van der Waals surface area (Å²) in [6.45, 7) is 5.21. The number of esters is 4. The summed E-state index contributed by atoms with van der Waals surface area (Å²) in [6.07, 6.45) is 13.8. The molecular weight excluding hydrogens is 468 g/mol. The summed E-state index contributed by atoms with van der Waals surface area (Å²) in [7, 11) is 3.32. The van der Waals surface area contributed by atoms with Crippen LogP contribution in [0.3, 0.4) is 0 Å². The summed E-state index contributed by atoms with van der Waals surface area (Å²) in [5.41, 5.74) is 0. The third-order valence-corrected chi connectivity index (χ3v) is 5.08. The van der Waals surface area contributed by atoms with Crippen LogP contribution in [0, 0.1) is 24.7 Å². The number of carbonyl (C=O) groups is 4. The lowest BCUT2D eigenvalue weighted by Crippen LogP contribution is -2.41. The first-order chi connectivity index (χ1) is 17.2. The lowest BCUT2D eigenvalue weighted by atomic mass is 10.2. The molecule has 0 aliphatic carbocycles. The maximum absolute atomic E-state index is 12.2. The van der Waals surface area contributed by atoms with Gasteiger partial charge in [0.25, 0.3) is 0 Å². The number of hydrogen-bond donors (Lipinski definition) is 0. The second-order valence-corrected chi connectivity index (χ2v) is 8.04. The number of nitrogens with zero attached hydrogens (tertiary/aromatic N) is 2. The van der Waals surface area contributed by atoms with E-state index >= 15 is 0 Å². The van der Waals surface area contributed by atoms with E-state index in [4.69, 9.17) is 31.8 Å². The van der Waals surface area contributed by atoms with Crippen molar-refractivity contribution in [2.75, 3.05) is 40.4 Å². The molecule has 0 radical (unpaired) electrons. The number of unbranched alkanes of at least 4 members (excludes halogenated alkanes) is 4. The number of terminal acetylenes is 2. The van der Waals surface area contributed by atoms with Crippen molar-refractivity contribution in [1.29, 1.82) is 0 Å². The van der Waals surface area contributed by atoms with Crippen molar-refractivity contribution in [3.8, 4) is 24.7 Å². The summed E-state index contributed by atoms with van der Waals surface area (Å²) in [5, 5.41) is 0. The molecule has 0 aliphatic heterocycles. The second kappa shape index (κ2) is 20.1. The minimum atomic E-state index is -1.24. The Bertz CT molecular complexity index is 707. The quantitative estimate of drug-likeness (QED) is 0.0681. The van der Waals surface area contributed by atoms with Crippen LogP contribution in [0.25, 0.3) is 0 Å². The summed E-state index contributed by atoms with van der Waals surface area (Å²) < 4.78 is 20.0. The standard InChI is InChI=1S/C26H40N2O8/c1-7-21(27(5)19-15-11-13-17-23(29)33-9-3)35-25(31)26(32)36-22(8-2)28(6)20-16-12-14-18-24(30)34-10-4/h1-2,21-22H,9-20H2,3-6H3. The van der Waals surface area contributed by atoms with E-state index in [1.165, 1.54) is 0 Å². The molecule has 0 aromatic carbocycles. The summed E-state index contributed by atoms with van der Waals surface area (Å²) in [6, 6.07) is 0. The molecule has 0 aliphatic rings. The van der Waals surface area contributed by atoms with Crippen LogP contribution < -0.4 is 0 Å². The van der Waals surface area contributed by atoms with Gasteiger partial charge in [-0.25, -0.2) is 9.59 Å². The third kappa shape index (κ3) is 15.0. The van der Waals surface area contributed by atoms with Crippen molar-refractivity contribution in [1.82, 2.24) is 9.80 Å². The van der Waals surface area contributed by atoms with Gasteiger partial charge in [0.15, 0.2) is 0 Å². The number of carbonyl (C=O) groups excluding carboxylic acids is 4. The monoisotopic (exact) mass is 508 g/mol. The molecule has 0 heterocycles. The van der Waals surface area contributed by atoms with Gasteiger partial charge in [-0.2, -0.15) is 0 Å². The fourth-order valence-electron chi connectivity index (χ4n) is 3.12. The highest BCUT2D eigenvalue weighted by molar-refractivity contribution is 6.29. The smallest absolute Gasteiger partial charge is 0.419 e. The van der Waals surface area contributed by atoms with Crippen molar-refractivity contribution in [3.63, 3.8) is 0 Å². The van der Waals surface area contributed by atoms with Gasteiger partial charge in [0.1, 0.15) is 0 Å². The molecule has 0 fully saturated rings. The van der Waals surface area contributed by atoms with E-state index in [9.17, 15) is 19.2 Å². The largest absolute Gasteiger partial charge is 0.466 e. The Morgan fingerprint density at radius 3 is 1.33 bits per heavy atom. The average molecular weight is 509 g/mol. The molecule has 2 atom stereocenters. The SMILES string of the molecule is C#CC(OC(=O)C(=O)OC(C#C)N(C)CCCCCC(=O)OCC)N(C)CCCCCC(=O)OCC. The van der Waals surface area contributed by atoms with Crippen LogP contribution in [-0.4, -0.2) is 86.5 Å². The van der Waals surface area contributed by atoms with Gasteiger partial charge in [0.05, 0.1) is 13.2 Å². The van der Waals surface area contributed by atoms with Gasteiger partial charge in [-0.1, -0.05) is 12.8 Å². The molecule has 0 aromatic heterocycles. The van der Waals surface area contributed by atoms with E-state index in [0.717, 1.165) is 12.8 Å². The normalized spacial score (nSPS) is 12.2. The van der Waals surface area contributed by atoms with E-state index < -0.39 is 24.4 Å². The Hall–Kier alpha value is -3.08. The molecule has 0 aromatic rings. The zero-order chi connectivity index (χ0) is 27.3. The zero-order valence-corrected chi connectivity index (χ0v) is 22.0. The minimum absolute atomic E-state index is 0.232. The topological polar surface area (TPSA) is 112 Å². The number of rotatable bonds is 18. The van der Waals surface area contributed by atoms with Crippen molar-refractivity contribution in [2.45, 2.75) is 77.7 Å². The van der Waals surface area contributed by atoms with Gasteiger partial charge in [-0.3, -0.25) is 19.4 Å². The van der Waals surface area contributed by atoms with Crippen LogP contribution in [0.15, 0.2) is 0 Å². The molecule has 0 bridgehead atoms. The maximum atomic E-state index is 12.2. The Labute approximate surface area is 214 Å². The molecule has 10 heteroatoms. The molecule has 0 spiro atoms. The van der Waals surface area contributed by atoms with Crippen LogP contribution in [0.1, 0.15) is 65.2 Å². The van der Waals surface area contributed by atoms with Gasteiger partial charge in [0.2, 0.25) is 12.5 Å².